The molecule has 5 aliphatic carbocycles. The maximum absolute atomic E-state index is 8.98. The van der Waals surface area contributed by atoms with Crippen LogP contribution in [0.4, 0.5) is 0 Å². The maximum Gasteiger partial charge on any atom is 0.102 e. The van der Waals surface area contributed by atoms with Gasteiger partial charge in [0.1, 0.15) is 12.1 Å². The van der Waals surface area contributed by atoms with Gasteiger partial charge in [0.2, 0.25) is 0 Å². The number of aliphatic imine (C=N–C) groups is 3. The number of benzene rings is 2. The van der Waals surface area contributed by atoms with Gasteiger partial charge < -0.3 is 10.7 Å². The van der Waals surface area contributed by atoms with E-state index in [1.165, 1.54) is 39.0 Å². The van der Waals surface area contributed by atoms with Crippen LogP contribution in [0.2, 0.25) is 0 Å². The summed E-state index contributed by atoms with van der Waals surface area (Å²) in [6, 6.07) is 20.7. The highest BCUT2D eigenvalue weighted by Gasteiger charge is 2.54. The number of pyridine rings is 1. The first-order valence-corrected chi connectivity index (χ1v) is 23.3. The van der Waals surface area contributed by atoms with Gasteiger partial charge in [-0.3, -0.25) is 20.0 Å². The average molecular weight is 843 g/mol. The Morgan fingerprint density at radius 2 is 1.71 bits per heavy atom. The predicted octanol–water partition coefficient (Wildman–Crippen LogP) is 12.1. The second-order valence-electron chi connectivity index (χ2n) is 18.2. The normalized spacial score (nSPS) is 29.3. The van der Waals surface area contributed by atoms with Gasteiger partial charge in [0, 0.05) is 60.3 Å². The van der Waals surface area contributed by atoms with Crippen molar-refractivity contribution in [2.45, 2.75) is 49.1 Å². The molecule has 2 aromatic carbocycles. The molecule has 6 heteroatoms. The molecule has 0 saturated carbocycles. The molecule has 0 radical (unpaired) electrons. The molecule has 9 aliphatic rings. The van der Waals surface area contributed by atoms with Gasteiger partial charge in [0.05, 0.1) is 22.5 Å². The molecule has 4 aliphatic heterocycles. The second kappa shape index (κ2) is 16.4. The van der Waals surface area contributed by atoms with Crippen LogP contribution in [0.25, 0.3) is 23.4 Å². The van der Waals surface area contributed by atoms with Crippen LogP contribution in [0, 0.1) is 23.2 Å². The Labute approximate surface area is 381 Å². The summed E-state index contributed by atoms with van der Waals surface area (Å²) in [7, 11) is 0. The lowest BCUT2D eigenvalue weighted by Gasteiger charge is -2.41. The number of allylic oxidation sites excluding steroid dienone is 16. The van der Waals surface area contributed by atoms with Crippen molar-refractivity contribution in [1.82, 2.24) is 10.3 Å². The molecule has 3 aromatic rings. The summed E-state index contributed by atoms with van der Waals surface area (Å²) in [6.07, 6.45) is 54.0. The molecule has 0 bridgehead atoms. The fraction of sp³-hybridized carbons (Fsp3) is 0.203. The summed E-state index contributed by atoms with van der Waals surface area (Å²) >= 11 is 0. The lowest BCUT2D eigenvalue weighted by molar-refractivity contribution is 0.452. The van der Waals surface area contributed by atoms with Crippen molar-refractivity contribution in [3.63, 3.8) is 0 Å². The molecular weight excluding hydrogens is 793 g/mol. The largest absolute Gasteiger partial charge is 0.381 e. The number of dihydropyridines is 3. The van der Waals surface area contributed by atoms with Gasteiger partial charge in [-0.05, 0) is 112 Å². The third-order valence-electron chi connectivity index (χ3n) is 14.6. The minimum Gasteiger partial charge on any atom is -0.381 e. The number of rotatable bonds is 7. The smallest absolute Gasteiger partial charge is 0.102 e. The van der Waals surface area contributed by atoms with Crippen LogP contribution < -0.4 is 5.32 Å². The van der Waals surface area contributed by atoms with Crippen LogP contribution in [0.15, 0.2) is 202 Å². The minimum atomic E-state index is -0.549. The highest BCUT2D eigenvalue weighted by molar-refractivity contribution is 6.07. The number of hydrogen-bond donors (Lipinski definition) is 2. The van der Waals surface area contributed by atoms with E-state index in [9.17, 15) is 0 Å². The lowest BCUT2D eigenvalue weighted by Crippen LogP contribution is -2.37. The Morgan fingerprint density at radius 3 is 2.58 bits per heavy atom. The molecule has 2 N–H and O–H groups in total. The molecule has 6 nitrogen and oxygen atoms in total. The van der Waals surface area contributed by atoms with Crippen molar-refractivity contribution in [3.8, 4) is 0 Å². The van der Waals surface area contributed by atoms with Gasteiger partial charge in [-0.25, -0.2) is 0 Å². The van der Waals surface area contributed by atoms with Crippen molar-refractivity contribution in [3.05, 3.63) is 232 Å². The van der Waals surface area contributed by atoms with E-state index in [4.69, 9.17) is 20.4 Å². The lowest BCUT2D eigenvalue weighted by atomic mass is 9.60. The number of hydrogen-bond acceptors (Lipinski definition) is 6. The highest BCUT2D eigenvalue weighted by Crippen LogP contribution is 2.62. The molecule has 0 amide bonds. The Bertz CT molecular complexity index is 3050. The summed E-state index contributed by atoms with van der Waals surface area (Å²) in [4.78, 5) is 20.0. The molecule has 7 unspecified atom stereocenters. The number of fused-ring (bicyclic) bond motifs is 7. The predicted molar refractivity (Wildman–Crippen MR) is 269 cm³/mol. The van der Waals surface area contributed by atoms with E-state index in [1.807, 2.05) is 24.7 Å². The van der Waals surface area contributed by atoms with Gasteiger partial charge >= 0.3 is 0 Å². The van der Waals surface area contributed by atoms with Crippen LogP contribution in [0.3, 0.4) is 0 Å². The summed E-state index contributed by atoms with van der Waals surface area (Å²) in [5.41, 5.74) is 16.5. The van der Waals surface area contributed by atoms with Crippen LogP contribution in [0.5, 0.6) is 0 Å². The van der Waals surface area contributed by atoms with Gasteiger partial charge in [-0.1, -0.05) is 146 Å². The Balaban J connectivity index is 1.03. The van der Waals surface area contributed by atoms with E-state index in [0.29, 0.717) is 5.71 Å². The molecule has 316 valence electrons. The van der Waals surface area contributed by atoms with E-state index >= 15 is 0 Å². The first-order chi connectivity index (χ1) is 32.1. The van der Waals surface area contributed by atoms with E-state index in [1.54, 1.807) is 0 Å². The third kappa shape index (κ3) is 6.82. The van der Waals surface area contributed by atoms with E-state index < -0.39 is 5.41 Å². The van der Waals surface area contributed by atoms with Crippen LogP contribution in [-0.2, 0) is 5.41 Å². The quantitative estimate of drug-likeness (QED) is 0.248. The van der Waals surface area contributed by atoms with Crippen molar-refractivity contribution in [2.75, 3.05) is 6.54 Å². The Kier molecular flexibility index (Phi) is 9.89. The first kappa shape index (κ1) is 39.3. The Hall–Kier alpha value is -7.31. The molecule has 7 atom stereocenters. The fourth-order valence-corrected chi connectivity index (χ4v) is 11.5. The molecule has 1 aromatic heterocycles. The topological polar surface area (TPSA) is 85.9 Å². The van der Waals surface area contributed by atoms with Gasteiger partial charge in [-0.2, -0.15) is 0 Å². The van der Waals surface area contributed by atoms with Gasteiger partial charge in [-0.15, -0.1) is 0 Å². The number of nitrogens with one attached hydrogen (secondary N) is 2. The Morgan fingerprint density at radius 1 is 0.815 bits per heavy atom. The van der Waals surface area contributed by atoms with E-state index in [-0.39, 0.29) is 35.8 Å². The monoisotopic (exact) mass is 842 g/mol. The number of aromatic nitrogens is 1. The van der Waals surface area contributed by atoms with Crippen LogP contribution >= 0.6 is 0 Å². The maximum atomic E-state index is 8.98. The number of nitrogens with zero attached hydrogens (tertiary/aromatic N) is 4. The summed E-state index contributed by atoms with van der Waals surface area (Å²) in [5, 5.41) is 12.6. The van der Waals surface area contributed by atoms with Crippen molar-refractivity contribution >= 4 is 47.3 Å². The average Bonchev–Trinajstić information content (AvgIpc) is 3.67. The molecular formula is C59H50N6. The van der Waals surface area contributed by atoms with Crippen molar-refractivity contribution < 1.29 is 0 Å². The first-order valence-electron chi connectivity index (χ1n) is 23.3. The van der Waals surface area contributed by atoms with E-state index in [2.05, 4.69) is 180 Å². The van der Waals surface area contributed by atoms with E-state index in [0.717, 1.165) is 71.7 Å². The van der Waals surface area contributed by atoms with Gasteiger partial charge in [0.15, 0.2) is 0 Å². The zero-order valence-corrected chi connectivity index (χ0v) is 36.3. The molecule has 65 heavy (non-hydrogen) atoms. The zero-order valence-electron chi connectivity index (χ0n) is 36.3. The highest BCUT2D eigenvalue weighted by atomic mass is 14.9. The summed E-state index contributed by atoms with van der Waals surface area (Å²) < 4.78 is 0. The zero-order chi connectivity index (χ0) is 43.3. The standard InChI is InChI=1S/C59H50N6/c60-55-39(20-21-40-14-8-32-63-56(40)55)12-5-10-38-11-6-16-46(34-38)59(47-17-7-13-43(35-47)54-29-26-42-23-22-41-15-9-33-64-57(41)58(42)65-54)50-36-44(52-18-1-3-30-61-52)24-27-48(50)49-28-25-45(37-51(49)59)53-19-2-4-31-62-53/h1,3-6,8-12,14-18,20-29,31-37,40-41,49,51,56-57,60-61H,2,7,13,19,30H2/b10-5+,39-12-,60-55?. The molecule has 12 rings (SSSR count). The van der Waals surface area contributed by atoms with Crippen molar-refractivity contribution in [1.29, 1.82) is 5.41 Å². The molecule has 0 spiro atoms. The molecule has 5 heterocycles. The minimum absolute atomic E-state index is 0.0000589. The second-order valence-corrected chi connectivity index (χ2v) is 18.2. The van der Waals surface area contributed by atoms with Crippen LogP contribution in [-0.4, -0.2) is 41.4 Å². The fourth-order valence-electron chi connectivity index (χ4n) is 11.5. The molecule has 0 fully saturated rings. The summed E-state index contributed by atoms with van der Waals surface area (Å²) in [6.45, 7) is 0.806. The molecule has 0 saturated heterocycles. The SMILES string of the molecule is N=C1/C(=C\C=C\c2cccc(C3(C4=CCCC(c5ccc6c(n5)C5N=CC=CC5C=C6)=C4)c4cc(C5=CC=CCN5)ccc4C4C=CC(C5=NC=CCC5)=CC43)c2)C=CC2C=CC=NC12. The van der Waals surface area contributed by atoms with Gasteiger partial charge in [0.25, 0.3) is 0 Å². The van der Waals surface area contributed by atoms with Crippen LogP contribution in [0.1, 0.15) is 82.4 Å². The summed E-state index contributed by atoms with van der Waals surface area (Å²) in [5.74, 6) is 0.609. The van der Waals surface area contributed by atoms with Crippen molar-refractivity contribution in [2.24, 2.45) is 32.7 Å². The third-order valence-corrected chi connectivity index (χ3v) is 14.6.